The molecule has 0 spiro atoms. The Morgan fingerprint density at radius 3 is 2.65 bits per heavy atom. The Bertz CT molecular complexity index is 462. The van der Waals surface area contributed by atoms with Crippen LogP contribution in [0.3, 0.4) is 0 Å². The number of hydroxylamine groups is 1. The molecule has 2 rings (SSSR count). The van der Waals surface area contributed by atoms with Gasteiger partial charge >= 0.3 is 0 Å². The summed E-state index contributed by atoms with van der Waals surface area (Å²) in [5, 5.41) is 10.0. The summed E-state index contributed by atoms with van der Waals surface area (Å²) in [5.74, 6) is -0.107. The van der Waals surface area contributed by atoms with Gasteiger partial charge in [0.25, 0.3) is 5.91 Å². The first-order valence-electron chi connectivity index (χ1n) is 5.50. The van der Waals surface area contributed by atoms with Gasteiger partial charge in [0.05, 0.1) is 23.6 Å². The highest BCUT2D eigenvalue weighted by atomic mass is 16.7. The molecule has 88 valence electrons. The number of hydrogen-bond donors (Lipinski definition) is 0. The molecular weight excluding hydrogens is 216 g/mol. The molecule has 1 aromatic rings. The van der Waals surface area contributed by atoms with Crippen molar-refractivity contribution in [1.29, 1.82) is 5.26 Å². The number of nitrogens with zero attached hydrogens (tertiary/aromatic N) is 2. The minimum absolute atomic E-state index is 0.107. The fourth-order valence-electron chi connectivity index (χ4n) is 1.82. The molecule has 0 radical (unpaired) electrons. The van der Waals surface area contributed by atoms with Crippen LogP contribution in [0.1, 0.15) is 20.3 Å². The van der Waals surface area contributed by atoms with Crippen LogP contribution in [0.25, 0.3) is 0 Å². The van der Waals surface area contributed by atoms with Crippen molar-refractivity contribution in [1.82, 2.24) is 0 Å². The third-order valence-electron chi connectivity index (χ3n) is 3.04. The highest BCUT2D eigenvalue weighted by Gasteiger charge is 2.49. The van der Waals surface area contributed by atoms with Crippen molar-refractivity contribution >= 4 is 11.6 Å². The van der Waals surface area contributed by atoms with Gasteiger partial charge in [0.15, 0.2) is 0 Å². The lowest BCUT2D eigenvalue weighted by Gasteiger charge is -2.17. The summed E-state index contributed by atoms with van der Waals surface area (Å²) in [6.07, 6.45) is -0.178. The molecule has 1 heterocycles. The van der Waals surface area contributed by atoms with E-state index in [1.54, 1.807) is 13.8 Å². The maximum Gasteiger partial charge on any atom is 0.259 e. The Kier molecular flexibility index (Phi) is 2.86. The molecule has 1 aliphatic heterocycles. The highest BCUT2D eigenvalue weighted by molar-refractivity contribution is 5.97. The van der Waals surface area contributed by atoms with Crippen LogP contribution in [-0.2, 0) is 9.63 Å². The second-order valence-electron chi connectivity index (χ2n) is 4.61. The summed E-state index contributed by atoms with van der Waals surface area (Å²) in [6, 6.07) is 11.2. The summed E-state index contributed by atoms with van der Waals surface area (Å²) in [6.45, 7) is 3.61. The van der Waals surface area contributed by atoms with Crippen molar-refractivity contribution in [2.45, 2.75) is 26.4 Å². The van der Waals surface area contributed by atoms with E-state index >= 15 is 0 Å². The van der Waals surface area contributed by atoms with Gasteiger partial charge in [-0.15, -0.1) is 0 Å². The SMILES string of the molecule is CC1(C)C(=O)N(c2ccccc2)OC1CC#N. The van der Waals surface area contributed by atoms with Gasteiger partial charge in [0, 0.05) is 0 Å². The first-order valence-corrected chi connectivity index (χ1v) is 5.50. The molecule has 4 nitrogen and oxygen atoms in total. The van der Waals surface area contributed by atoms with Crippen LogP contribution in [0.5, 0.6) is 0 Å². The van der Waals surface area contributed by atoms with Crippen molar-refractivity contribution in [3.63, 3.8) is 0 Å². The number of carbonyl (C=O) groups is 1. The lowest BCUT2D eigenvalue weighted by molar-refractivity contribution is -0.124. The van der Waals surface area contributed by atoms with E-state index in [0.29, 0.717) is 5.69 Å². The second-order valence-corrected chi connectivity index (χ2v) is 4.61. The molecule has 1 amide bonds. The maximum atomic E-state index is 12.2. The van der Waals surface area contributed by atoms with Crippen LogP contribution in [0, 0.1) is 16.7 Å². The Hall–Kier alpha value is -1.86. The van der Waals surface area contributed by atoms with Crippen molar-refractivity contribution in [2.75, 3.05) is 5.06 Å². The van der Waals surface area contributed by atoms with Crippen molar-refractivity contribution in [2.24, 2.45) is 5.41 Å². The Morgan fingerprint density at radius 2 is 2.06 bits per heavy atom. The molecule has 17 heavy (non-hydrogen) atoms. The van der Waals surface area contributed by atoms with E-state index in [1.807, 2.05) is 30.3 Å². The minimum Gasteiger partial charge on any atom is -0.271 e. The van der Waals surface area contributed by atoms with Crippen molar-refractivity contribution in [3.8, 4) is 6.07 Å². The number of benzene rings is 1. The van der Waals surface area contributed by atoms with E-state index in [4.69, 9.17) is 10.1 Å². The van der Waals surface area contributed by atoms with Crippen LogP contribution in [-0.4, -0.2) is 12.0 Å². The molecule has 0 saturated carbocycles. The van der Waals surface area contributed by atoms with Crippen LogP contribution in [0.2, 0.25) is 0 Å². The van der Waals surface area contributed by atoms with Gasteiger partial charge < -0.3 is 0 Å². The van der Waals surface area contributed by atoms with Gasteiger partial charge in [-0.05, 0) is 26.0 Å². The van der Waals surface area contributed by atoms with Gasteiger partial charge in [-0.1, -0.05) is 18.2 Å². The highest BCUT2D eigenvalue weighted by Crippen LogP contribution is 2.38. The molecule has 1 aromatic carbocycles. The Morgan fingerprint density at radius 1 is 1.41 bits per heavy atom. The number of hydrogen-bond acceptors (Lipinski definition) is 3. The zero-order valence-corrected chi connectivity index (χ0v) is 9.88. The average molecular weight is 230 g/mol. The van der Waals surface area contributed by atoms with E-state index in [0.717, 1.165) is 0 Å². The van der Waals surface area contributed by atoms with Crippen LogP contribution in [0.15, 0.2) is 30.3 Å². The van der Waals surface area contributed by atoms with Crippen LogP contribution < -0.4 is 5.06 Å². The lowest BCUT2D eigenvalue weighted by atomic mass is 9.85. The van der Waals surface area contributed by atoms with Gasteiger partial charge in [-0.3, -0.25) is 9.63 Å². The minimum atomic E-state index is -0.661. The predicted molar refractivity (Wildman–Crippen MR) is 62.8 cm³/mol. The number of nitriles is 1. The standard InChI is InChI=1S/C13H14N2O2/c1-13(2)11(8-9-14)17-15(12(13)16)10-6-4-3-5-7-10/h3-7,11H,8H2,1-2H3. The smallest absolute Gasteiger partial charge is 0.259 e. The second kappa shape index (κ2) is 4.19. The van der Waals surface area contributed by atoms with E-state index in [1.165, 1.54) is 5.06 Å². The molecule has 1 saturated heterocycles. The van der Waals surface area contributed by atoms with E-state index in [9.17, 15) is 4.79 Å². The summed E-state index contributed by atoms with van der Waals surface area (Å²) in [5.41, 5.74) is 0.0389. The van der Waals surface area contributed by atoms with Gasteiger partial charge in [-0.2, -0.15) is 10.3 Å². The zero-order chi connectivity index (χ0) is 12.5. The fraction of sp³-hybridized carbons (Fsp3) is 0.385. The van der Waals surface area contributed by atoms with E-state index in [2.05, 4.69) is 6.07 Å². The number of rotatable bonds is 2. The lowest BCUT2D eigenvalue weighted by Crippen LogP contribution is -2.32. The fourth-order valence-corrected chi connectivity index (χ4v) is 1.82. The monoisotopic (exact) mass is 230 g/mol. The predicted octanol–water partition coefficient (Wildman–Crippen LogP) is 2.27. The maximum absolute atomic E-state index is 12.2. The first kappa shape index (κ1) is 11.6. The van der Waals surface area contributed by atoms with Crippen LogP contribution >= 0.6 is 0 Å². The molecular formula is C13H14N2O2. The zero-order valence-electron chi connectivity index (χ0n) is 9.88. The number of para-hydroxylation sites is 1. The first-order chi connectivity index (χ1) is 8.07. The largest absolute Gasteiger partial charge is 0.271 e. The van der Waals surface area contributed by atoms with Crippen LogP contribution in [0.4, 0.5) is 5.69 Å². The van der Waals surface area contributed by atoms with Gasteiger partial charge in [0.2, 0.25) is 0 Å². The molecule has 0 aliphatic carbocycles. The Balaban J connectivity index is 2.29. The number of carbonyl (C=O) groups excluding carboxylic acids is 1. The molecule has 0 bridgehead atoms. The quantitative estimate of drug-likeness (QED) is 0.783. The van der Waals surface area contributed by atoms with Crippen molar-refractivity contribution < 1.29 is 9.63 Å². The van der Waals surface area contributed by atoms with Gasteiger partial charge in [0.1, 0.15) is 6.10 Å². The average Bonchev–Trinajstić information content (AvgIpc) is 2.55. The molecule has 0 N–H and O–H groups in total. The summed E-state index contributed by atoms with van der Waals surface area (Å²) in [7, 11) is 0. The normalized spacial score (nSPS) is 22.5. The molecule has 1 unspecified atom stereocenters. The Labute approximate surface area is 100 Å². The topological polar surface area (TPSA) is 53.3 Å². The summed E-state index contributed by atoms with van der Waals surface area (Å²) in [4.78, 5) is 17.8. The summed E-state index contributed by atoms with van der Waals surface area (Å²) < 4.78 is 0. The van der Waals surface area contributed by atoms with Gasteiger partial charge in [-0.25, -0.2) is 0 Å². The third kappa shape index (κ3) is 1.90. The number of anilines is 1. The molecule has 0 aromatic heterocycles. The molecule has 1 atom stereocenters. The number of amides is 1. The summed E-state index contributed by atoms with van der Waals surface area (Å²) >= 11 is 0. The van der Waals surface area contributed by atoms with E-state index in [-0.39, 0.29) is 18.4 Å². The van der Waals surface area contributed by atoms with Crippen molar-refractivity contribution in [3.05, 3.63) is 30.3 Å². The molecule has 4 heteroatoms. The third-order valence-corrected chi connectivity index (χ3v) is 3.04. The molecule has 1 aliphatic rings. The molecule has 1 fully saturated rings. The van der Waals surface area contributed by atoms with E-state index < -0.39 is 5.41 Å².